The van der Waals surface area contributed by atoms with E-state index in [0.717, 1.165) is 10.5 Å². The lowest BCUT2D eigenvalue weighted by Crippen LogP contribution is -2.39. The zero-order valence-corrected chi connectivity index (χ0v) is 13.1. The molecule has 0 heterocycles. The van der Waals surface area contributed by atoms with Gasteiger partial charge in [0.1, 0.15) is 5.75 Å². The van der Waals surface area contributed by atoms with E-state index in [0.29, 0.717) is 18.7 Å². The summed E-state index contributed by atoms with van der Waals surface area (Å²) in [6.45, 7) is 0.391. The van der Waals surface area contributed by atoms with Gasteiger partial charge in [0.2, 0.25) is 5.91 Å². The Labute approximate surface area is 134 Å². The molecule has 2 rings (SSSR count). The topological polar surface area (TPSA) is 75.3 Å². The van der Waals surface area contributed by atoms with E-state index in [2.05, 4.69) is 5.32 Å². The molecule has 116 valence electrons. The Morgan fingerprint density at radius 2 is 1.82 bits per heavy atom. The molecule has 0 radical (unpaired) electrons. The van der Waals surface area contributed by atoms with Crippen LogP contribution in [0.5, 0.6) is 5.75 Å². The van der Waals surface area contributed by atoms with Crippen molar-refractivity contribution in [3.63, 3.8) is 0 Å². The van der Waals surface area contributed by atoms with E-state index in [1.54, 1.807) is 12.1 Å². The Kier molecular flexibility index (Phi) is 6.30. The molecule has 0 saturated carbocycles. The minimum atomic E-state index is -0.223. The highest BCUT2D eigenvalue weighted by Gasteiger charge is 2.09. The molecule has 0 fully saturated rings. The van der Waals surface area contributed by atoms with Gasteiger partial charge in [-0.15, -0.1) is 11.8 Å². The van der Waals surface area contributed by atoms with Crippen molar-refractivity contribution in [1.29, 1.82) is 0 Å². The molecule has 0 spiro atoms. The average molecular weight is 316 g/mol. The van der Waals surface area contributed by atoms with E-state index in [1.165, 1.54) is 11.8 Å². The second kappa shape index (κ2) is 8.46. The van der Waals surface area contributed by atoms with Crippen LogP contribution in [0, 0.1) is 0 Å². The molecule has 5 heteroatoms. The predicted molar refractivity (Wildman–Crippen MR) is 90.0 cm³/mol. The number of aromatic hydroxyl groups is 1. The number of hydrogen-bond donors (Lipinski definition) is 3. The van der Waals surface area contributed by atoms with E-state index in [-0.39, 0.29) is 17.7 Å². The van der Waals surface area contributed by atoms with E-state index in [4.69, 9.17) is 5.73 Å². The fourth-order valence-electron chi connectivity index (χ4n) is 2.00. The number of phenols is 1. The number of rotatable bonds is 7. The van der Waals surface area contributed by atoms with Crippen LogP contribution in [0.15, 0.2) is 59.5 Å². The van der Waals surface area contributed by atoms with Crippen LogP contribution < -0.4 is 11.1 Å². The lowest BCUT2D eigenvalue weighted by atomic mass is 10.1. The van der Waals surface area contributed by atoms with Gasteiger partial charge in [-0.3, -0.25) is 4.79 Å². The number of amides is 1. The number of carbonyl (C=O) groups is 1. The summed E-state index contributed by atoms with van der Waals surface area (Å²) in [5.74, 6) is 0.568. The maximum Gasteiger partial charge on any atom is 0.230 e. The number of hydrogen-bond acceptors (Lipinski definition) is 4. The van der Waals surface area contributed by atoms with Gasteiger partial charge in [0.15, 0.2) is 0 Å². The third-order valence-corrected chi connectivity index (χ3v) is 4.16. The maximum absolute atomic E-state index is 11.8. The van der Waals surface area contributed by atoms with Gasteiger partial charge in [-0.2, -0.15) is 0 Å². The number of para-hydroxylation sites is 1. The van der Waals surface area contributed by atoms with Crippen molar-refractivity contribution in [2.75, 3.05) is 12.3 Å². The predicted octanol–water partition coefficient (Wildman–Crippen LogP) is 2.17. The molecule has 0 bridgehead atoms. The zero-order valence-electron chi connectivity index (χ0n) is 12.2. The van der Waals surface area contributed by atoms with Crippen LogP contribution in [-0.4, -0.2) is 29.4 Å². The molecule has 0 aromatic heterocycles. The molecule has 0 aliphatic heterocycles. The maximum atomic E-state index is 11.8. The monoisotopic (exact) mass is 316 g/mol. The van der Waals surface area contributed by atoms with E-state index >= 15 is 0 Å². The lowest BCUT2D eigenvalue weighted by molar-refractivity contribution is -0.118. The van der Waals surface area contributed by atoms with Crippen LogP contribution in [0.3, 0.4) is 0 Å². The van der Waals surface area contributed by atoms with Crippen LogP contribution in [-0.2, 0) is 11.2 Å². The fraction of sp³-hybridized carbons (Fsp3) is 0.235. The summed E-state index contributed by atoms with van der Waals surface area (Å²) in [5.41, 5.74) is 6.79. The van der Waals surface area contributed by atoms with Crippen molar-refractivity contribution in [1.82, 2.24) is 5.32 Å². The molecule has 1 atom stereocenters. The number of phenolic OH excluding ortho intramolecular Hbond substituents is 1. The molecule has 4 N–H and O–H groups in total. The molecule has 1 unspecified atom stereocenters. The smallest absolute Gasteiger partial charge is 0.230 e. The molecular weight excluding hydrogens is 296 g/mol. The van der Waals surface area contributed by atoms with Crippen molar-refractivity contribution in [2.45, 2.75) is 17.4 Å². The van der Waals surface area contributed by atoms with Gasteiger partial charge in [0.05, 0.1) is 5.75 Å². The summed E-state index contributed by atoms with van der Waals surface area (Å²) < 4.78 is 0. The summed E-state index contributed by atoms with van der Waals surface area (Å²) >= 11 is 1.49. The molecule has 4 nitrogen and oxygen atoms in total. The molecule has 0 saturated heterocycles. The van der Waals surface area contributed by atoms with Gasteiger partial charge in [0, 0.05) is 17.5 Å². The van der Waals surface area contributed by atoms with E-state index in [1.807, 2.05) is 42.5 Å². The third kappa shape index (κ3) is 5.42. The van der Waals surface area contributed by atoms with E-state index < -0.39 is 0 Å². The molecular formula is C17H20N2O2S. The first-order chi connectivity index (χ1) is 10.6. The highest BCUT2D eigenvalue weighted by molar-refractivity contribution is 8.00. The molecule has 2 aromatic rings. The molecule has 1 amide bonds. The largest absolute Gasteiger partial charge is 0.508 e. The van der Waals surface area contributed by atoms with Crippen molar-refractivity contribution < 1.29 is 9.90 Å². The van der Waals surface area contributed by atoms with Crippen LogP contribution in [0.1, 0.15) is 5.56 Å². The second-order valence-electron chi connectivity index (χ2n) is 5.00. The first-order valence-corrected chi connectivity index (χ1v) is 8.10. The van der Waals surface area contributed by atoms with Gasteiger partial charge >= 0.3 is 0 Å². The summed E-state index contributed by atoms with van der Waals surface area (Å²) in [6, 6.07) is 16.7. The Morgan fingerprint density at radius 3 is 2.55 bits per heavy atom. The Morgan fingerprint density at radius 1 is 1.14 bits per heavy atom. The summed E-state index contributed by atoms with van der Waals surface area (Å²) in [7, 11) is 0. The quantitative estimate of drug-likeness (QED) is 0.684. The first kappa shape index (κ1) is 16.4. The number of benzene rings is 2. The molecule has 0 aliphatic carbocycles. The minimum absolute atomic E-state index is 0.0402. The Balaban J connectivity index is 1.71. The van der Waals surface area contributed by atoms with Gasteiger partial charge < -0.3 is 16.2 Å². The van der Waals surface area contributed by atoms with Crippen molar-refractivity contribution >= 4 is 17.7 Å². The van der Waals surface area contributed by atoms with Crippen LogP contribution >= 0.6 is 11.8 Å². The molecule has 2 aromatic carbocycles. The normalized spacial score (nSPS) is 11.9. The minimum Gasteiger partial charge on any atom is -0.508 e. The zero-order chi connectivity index (χ0) is 15.8. The van der Waals surface area contributed by atoms with E-state index in [9.17, 15) is 9.90 Å². The van der Waals surface area contributed by atoms with Crippen LogP contribution in [0.4, 0.5) is 0 Å². The SMILES string of the molecule is NC(CNC(=O)CSc1ccccc1)Cc1ccccc1O. The molecule has 22 heavy (non-hydrogen) atoms. The standard InChI is InChI=1S/C17H20N2O2S/c18-14(10-13-6-4-5-9-16(13)20)11-19-17(21)12-22-15-7-2-1-3-8-15/h1-9,14,20H,10-12,18H2,(H,19,21). The van der Waals surface area contributed by atoms with Crippen molar-refractivity contribution in [2.24, 2.45) is 5.73 Å². The summed E-state index contributed by atoms with van der Waals surface area (Å²) in [5, 5.41) is 12.5. The van der Waals surface area contributed by atoms with Gasteiger partial charge in [-0.25, -0.2) is 0 Å². The second-order valence-corrected chi connectivity index (χ2v) is 6.05. The van der Waals surface area contributed by atoms with Crippen LogP contribution in [0.25, 0.3) is 0 Å². The summed E-state index contributed by atoms with van der Waals surface area (Å²) in [4.78, 5) is 12.9. The number of nitrogens with one attached hydrogen (secondary N) is 1. The van der Waals surface area contributed by atoms with Gasteiger partial charge in [-0.05, 0) is 30.2 Å². The fourth-order valence-corrected chi connectivity index (χ4v) is 2.75. The lowest BCUT2D eigenvalue weighted by Gasteiger charge is -2.13. The number of carbonyl (C=O) groups excluding carboxylic acids is 1. The third-order valence-electron chi connectivity index (χ3n) is 3.15. The van der Waals surface area contributed by atoms with Gasteiger partial charge in [0.25, 0.3) is 0 Å². The molecule has 0 aliphatic rings. The average Bonchev–Trinajstić information content (AvgIpc) is 2.54. The van der Waals surface area contributed by atoms with Crippen molar-refractivity contribution in [3.8, 4) is 5.75 Å². The van der Waals surface area contributed by atoms with Crippen LogP contribution in [0.2, 0.25) is 0 Å². The number of nitrogens with two attached hydrogens (primary N) is 1. The Hall–Kier alpha value is -1.98. The highest BCUT2D eigenvalue weighted by Crippen LogP contribution is 2.17. The number of thioether (sulfide) groups is 1. The first-order valence-electron chi connectivity index (χ1n) is 7.12. The van der Waals surface area contributed by atoms with Gasteiger partial charge in [-0.1, -0.05) is 36.4 Å². The highest BCUT2D eigenvalue weighted by atomic mass is 32.2. The Bertz CT molecular complexity index is 605. The summed E-state index contributed by atoms with van der Waals surface area (Å²) in [6.07, 6.45) is 0.527. The van der Waals surface area contributed by atoms with Crippen molar-refractivity contribution in [3.05, 3.63) is 60.2 Å².